The predicted molar refractivity (Wildman–Crippen MR) is 121 cm³/mol. The van der Waals surface area contributed by atoms with Gasteiger partial charge in [-0.15, -0.1) is 0 Å². The zero-order valence-corrected chi connectivity index (χ0v) is 18.7. The first-order valence-corrected chi connectivity index (χ1v) is 11.6. The van der Waals surface area contributed by atoms with Crippen LogP contribution in [-0.2, 0) is 16.4 Å². The third-order valence-corrected chi connectivity index (χ3v) is 6.85. The molecule has 0 bridgehead atoms. The smallest absolute Gasteiger partial charge is 0.265 e. The Morgan fingerprint density at radius 1 is 1.00 bits per heavy atom. The average molecular weight is 474 g/mol. The average Bonchev–Trinajstić information content (AvgIpc) is 3.04. The van der Waals surface area contributed by atoms with E-state index in [0.29, 0.717) is 33.2 Å². The molecule has 3 aromatic carbocycles. The monoisotopic (exact) mass is 473 g/mol. The van der Waals surface area contributed by atoms with E-state index in [0.717, 1.165) is 11.1 Å². The summed E-state index contributed by atoms with van der Waals surface area (Å²) in [6.45, 7) is 1.83. The number of amides is 1. The quantitative estimate of drug-likeness (QED) is 0.399. The molecule has 0 aliphatic heterocycles. The summed E-state index contributed by atoms with van der Waals surface area (Å²) in [6.07, 6.45) is 0.474. The summed E-state index contributed by atoms with van der Waals surface area (Å²) in [6, 6.07) is 17.8. The lowest BCUT2D eigenvalue weighted by atomic mass is 10.0. The number of benzene rings is 3. The molecule has 0 aliphatic rings. The molecule has 0 atom stereocenters. The molecule has 1 amide bonds. The Morgan fingerprint density at radius 3 is 2.45 bits per heavy atom. The molecule has 0 fully saturated rings. The van der Waals surface area contributed by atoms with E-state index in [2.05, 4.69) is 4.72 Å². The van der Waals surface area contributed by atoms with Crippen LogP contribution < -0.4 is 4.72 Å². The van der Waals surface area contributed by atoms with Crippen LogP contribution in [0.15, 0.2) is 76.0 Å². The minimum atomic E-state index is -3.98. The van der Waals surface area contributed by atoms with Crippen LogP contribution in [0.5, 0.6) is 0 Å². The molecule has 8 heteroatoms. The van der Waals surface area contributed by atoms with Crippen LogP contribution in [0.3, 0.4) is 0 Å². The fourth-order valence-corrected chi connectivity index (χ4v) is 4.80. The van der Waals surface area contributed by atoms with Crippen molar-refractivity contribution in [2.45, 2.75) is 18.2 Å². The van der Waals surface area contributed by atoms with Crippen molar-refractivity contribution < 1.29 is 17.6 Å². The summed E-state index contributed by atoms with van der Waals surface area (Å²) in [5, 5.41) is 1.79. The van der Waals surface area contributed by atoms with Gasteiger partial charge in [-0.25, -0.2) is 13.1 Å². The number of sulfonamides is 1. The molecule has 31 heavy (non-hydrogen) atoms. The standard InChI is InChI=1S/C23H17Cl2NO4S/c1-14-19(11-15-7-9-17(24)13-21(15)25)20-12-16(8-10-22(20)30-14)23(27)26-31(28,29)18-5-3-2-4-6-18/h2-10,12-13H,11H2,1H3,(H,26,27). The molecule has 4 rings (SSSR count). The van der Waals surface area contributed by atoms with Gasteiger partial charge in [-0.2, -0.15) is 0 Å². The van der Waals surface area contributed by atoms with Gasteiger partial charge >= 0.3 is 0 Å². The number of carbonyl (C=O) groups is 1. The normalized spacial score (nSPS) is 11.6. The predicted octanol–water partition coefficient (Wildman–Crippen LogP) is 5.76. The number of rotatable bonds is 5. The Hall–Kier alpha value is -2.80. The van der Waals surface area contributed by atoms with Gasteiger partial charge in [-0.3, -0.25) is 4.79 Å². The maximum absolute atomic E-state index is 12.7. The van der Waals surface area contributed by atoms with E-state index in [9.17, 15) is 13.2 Å². The Bertz CT molecular complexity index is 1400. The Kier molecular flexibility index (Phi) is 5.79. The van der Waals surface area contributed by atoms with Gasteiger partial charge in [-0.1, -0.05) is 47.5 Å². The van der Waals surface area contributed by atoms with Gasteiger partial charge in [0.25, 0.3) is 15.9 Å². The second-order valence-corrected chi connectivity index (χ2v) is 9.53. The summed E-state index contributed by atoms with van der Waals surface area (Å²) in [5.74, 6) is -0.0319. The van der Waals surface area contributed by atoms with Crippen molar-refractivity contribution in [3.63, 3.8) is 0 Å². The highest BCUT2D eigenvalue weighted by Crippen LogP contribution is 2.31. The van der Waals surface area contributed by atoms with Gasteiger partial charge in [0.05, 0.1) is 4.90 Å². The molecule has 0 saturated carbocycles. The molecule has 1 heterocycles. The van der Waals surface area contributed by atoms with Crippen molar-refractivity contribution in [3.8, 4) is 0 Å². The largest absolute Gasteiger partial charge is 0.461 e. The fourth-order valence-electron chi connectivity index (χ4n) is 3.33. The number of carbonyl (C=O) groups excluding carboxylic acids is 1. The Balaban J connectivity index is 1.67. The second kappa shape index (κ2) is 8.38. The first-order valence-electron chi connectivity index (χ1n) is 9.33. The van der Waals surface area contributed by atoms with E-state index >= 15 is 0 Å². The number of fused-ring (bicyclic) bond motifs is 1. The molecule has 0 radical (unpaired) electrons. The van der Waals surface area contributed by atoms with Crippen molar-refractivity contribution in [3.05, 3.63) is 99.2 Å². The lowest BCUT2D eigenvalue weighted by Crippen LogP contribution is -2.30. The molecule has 1 N–H and O–H groups in total. The first kappa shape index (κ1) is 21.4. The molecule has 0 unspecified atom stereocenters. The van der Waals surface area contributed by atoms with Crippen molar-refractivity contribution in [1.82, 2.24) is 4.72 Å². The van der Waals surface area contributed by atoms with Crippen molar-refractivity contribution in [2.75, 3.05) is 0 Å². The van der Waals surface area contributed by atoms with Gasteiger partial charge in [0.2, 0.25) is 0 Å². The van der Waals surface area contributed by atoms with E-state index in [1.165, 1.54) is 18.2 Å². The highest BCUT2D eigenvalue weighted by molar-refractivity contribution is 7.90. The van der Waals surface area contributed by atoms with Crippen LogP contribution in [0.25, 0.3) is 11.0 Å². The summed E-state index contributed by atoms with van der Waals surface area (Å²) in [4.78, 5) is 12.7. The van der Waals surface area contributed by atoms with Crippen LogP contribution in [0.2, 0.25) is 10.0 Å². The Morgan fingerprint density at radius 2 is 1.74 bits per heavy atom. The number of halogens is 2. The SMILES string of the molecule is Cc1oc2ccc(C(=O)NS(=O)(=O)c3ccccc3)cc2c1Cc1ccc(Cl)cc1Cl. The van der Waals surface area contributed by atoms with Gasteiger partial charge in [0, 0.05) is 33.0 Å². The maximum atomic E-state index is 12.7. The van der Waals surface area contributed by atoms with E-state index < -0.39 is 15.9 Å². The highest BCUT2D eigenvalue weighted by Gasteiger charge is 2.20. The summed E-state index contributed by atoms with van der Waals surface area (Å²) in [5.41, 5.74) is 2.52. The van der Waals surface area contributed by atoms with Gasteiger partial charge in [-0.05, 0) is 55.0 Å². The fraction of sp³-hybridized carbons (Fsp3) is 0.0870. The maximum Gasteiger partial charge on any atom is 0.265 e. The van der Waals surface area contributed by atoms with Crippen LogP contribution in [-0.4, -0.2) is 14.3 Å². The number of nitrogens with one attached hydrogen (secondary N) is 1. The van der Waals surface area contributed by atoms with E-state index in [-0.39, 0.29) is 10.5 Å². The zero-order chi connectivity index (χ0) is 22.2. The molecular formula is C23H17Cl2NO4S. The summed E-state index contributed by atoms with van der Waals surface area (Å²) in [7, 11) is -3.98. The molecule has 158 valence electrons. The molecule has 1 aromatic heterocycles. The summed E-state index contributed by atoms with van der Waals surface area (Å²) >= 11 is 12.3. The van der Waals surface area contributed by atoms with Gasteiger partial charge < -0.3 is 4.42 Å². The Labute approximate surface area is 189 Å². The number of hydrogen-bond donors (Lipinski definition) is 1. The van der Waals surface area contributed by atoms with E-state index in [1.54, 1.807) is 42.5 Å². The van der Waals surface area contributed by atoms with Crippen LogP contribution in [0.1, 0.15) is 27.2 Å². The molecule has 0 aliphatic carbocycles. The lowest BCUT2D eigenvalue weighted by molar-refractivity contribution is 0.0981. The van der Waals surface area contributed by atoms with Crippen LogP contribution >= 0.6 is 23.2 Å². The van der Waals surface area contributed by atoms with Crippen LogP contribution in [0, 0.1) is 6.92 Å². The minimum absolute atomic E-state index is 0.0154. The van der Waals surface area contributed by atoms with Crippen molar-refractivity contribution in [1.29, 1.82) is 0 Å². The molecule has 4 aromatic rings. The van der Waals surface area contributed by atoms with E-state index in [1.807, 2.05) is 13.0 Å². The first-order chi connectivity index (χ1) is 14.7. The van der Waals surface area contributed by atoms with Gasteiger partial charge in [0.1, 0.15) is 11.3 Å². The number of aryl methyl sites for hydroxylation is 1. The van der Waals surface area contributed by atoms with Crippen molar-refractivity contribution in [2.24, 2.45) is 0 Å². The third kappa shape index (κ3) is 4.46. The second-order valence-electron chi connectivity index (χ2n) is 7.01. The van der Waals surface area contributed by atoms with Gasteiger partial charge in [0.15, 0.2) is 0 Å². The van der Waals surface area contributed by atoms with E-state index in [4.69, 9.17) is 27.6 Å². The van der Waals surface area contributed by atoms with Crippen molar-refractivity contribution >= 4 is 50.1 Å². The van der Waals surface area contributed by atoms with Crippen LogP contribution in [0.4, 0.5) is 0 Å². The lowest BCUT2D eigenvalue weighted by Gasteiger charge is -2.08. The molecule has 0 spiro atoms. The highest BCUT2D eigenvalue weighted by atomic mass is 35.5. The minimum Gasteiger partial charge on any atom is -0.461 e. The summed E-state index contributed by atoms with van der Waals surface area (Å²) < 4.78 is 32.9. The topological polar surface area (TPSA) is 76.4 Å². The number of hydrogen-bond acceptors (Lipinski definition) is 4. The molecule has 5 nitrogen and oxygen atoms in total. The molecule has 0 saturated heterocycles. The number of furan rings is 1. The third-order valence-electron chi connectivity index (χ3n) is 4.92. The zero-order valence-electron chi connectivity index (χ0n) is 16.4. The molecular weight excluding hydrogens is 457 g/mol.